The van der Waals surface area contributed by atoms with Crippen molar-refractivity contribution in [2.24, 2.45) is 0 Å². The molecule has 0 aromatic rings. The molecule has 0 saturated carbocycles. The number of aliphatic hydroxyl groups is 2. The minimum Gasteiger partial charge on any atom is -0.394 e. The minimum atomic E-state index is -0.125. The fraction of sp³-hybridized carbons (Fsp3) is 0.625. The number of aldehydes is 1. The van der Waals surface area contributed by atoms with Crippen LogP contribution in [0.5, 0.6) is 0 Å². The van der Waals surface area contributed by atoms with Crippen LogP contribution in [-0.4, -0.2) is 29.7 Å². The van der Waals surface area contributed by atoms with Gasteiger partial charge in [-0.3, -0.25) is 0 Å². The van der Waals surface area contributed by atoms with Crippen molar-refractivity contribution in [3.8, 4) is 0 Å². The monoisotopic (exact) mass is 162 g/mol. The van der Waals surface area contributed by atoms with Crippen molar-refractivity contribution in [2.75, 3.05) is 13.2 Å². The molecule has 0 unspecified atom stereocenters. The number of allylic oxidation sites excluding steroid dienone is 1. The Bertz CT molecular complexity index is 60.4. The highest BCUT2D eigenvalue weighted by atomic mass is 16.3. The number of carbonyl (C=O) groups is 1. The van der Waals surface area contributed by atoms with Crippen molar-refractivity contribution in [3.05, 3.63) is 12.7 Å². The van der Waals surface area contributed by atoms with E-state index in [0.29, 0.717) is 6.42 Å². The average Bonchev–Trinajstić information content (AvgIpc) is 2.06. The summed E-state index contributed by atoms with van der Waals surface area (Å²) in [5, 5.41) is 15.2. The van der Waals surface area contributed by atoms with Crippen molar-refractivity contribution in [2.45, 2.75) is 20.3 Å². The predicted octanol–water partition coefficient (Wildman–Crippen LogP) is 0.759. The van der Waals surface area contributed by atoms with E-state index in [-0.39, 0.29) is 13.2 Å². The largest absolute Gasteiger partial charge is 0.394 e. The quantitative estimate of drug-likeness (QED) is 0.465. The van der Waals surface area contributed by atoms with Gasteiger partial charge in [-0.05, 0) is 6.92 Å². The molecular formula is C8H18O3. The van der Waals surface area contributed by atoms with E-state index in [1.165, 1.54) is 0 Å². The van der Waals surface area contributed by atoms with Gasteiger partial charge in [0.2, 0.25) is 0 Å². The summed E-state index contributed by atoms with van der Waals surface area (Å²) in [6.07, 6.45) is 3.26. The van der Waals surface area contributed by atoms with E-state index >= 15 is 0 Å². The lowest BCUT2D eigenvalue weighted by Crippen LogP contribution is -1.85. The van der Waals surface area contributed by atoms with Gasteiger partial charge in [-0.1, -0.05) is 13.0 Å². The van der Waals surface area contributed by atoms with Gasteiger partial charge in [0.05, 0.1) is 13.2 Å². The van der Waals surface area contributed by atoms with E-state index in [2.05, 4.69) is 6.58 Å². The van der Waals surface area contributed by atoms with Gasteiger partial charge in [-0.2, -0.15) is 0 Å². The average molecular weight is 162 g/mol. The highest BCUT2D eigenvalue weighted by Gasteiger charge is 1.58. The van der Waals surface area contributed by atoms with Gasteiger partial charge in [-0.25, -0.2) is 0 Å². The maximum atomic E-state index is 9.17. The van der Waals surface area contributed by atoms with Gasteiger partial charge in [-0.15, -0.1) is 6.58 Å². The molecule has 0 spiro atoms. The van der Waals surface area contributed by atoms with Gasteiger partial charge >= 0.3 is 0 Å². The van der Waals surface area contributed by atoms with E-state index < -0.39 is 0 Å². The Labute approximate surface area is 68.4 Å². The standard InChI is InChI=1S/C3H6O.C3H6.C2H6O2/c1-2-3-4;1-3-2;3-1-2-4/h3H,2H2,1H3;3H,1H2,2H3;3-4H,1-2H2. The zero-order valence-corrected chi connectivity index (χ0v) is 7.29. The SMILES string of the molecule is C=CC.CCC=O.OCCO. The fourth-order valence-corrected chi connectivity index (χ4v) is 0. The molecule has 0 rings (SSSR count). The third kappa shape index (κ3) is 283. The Morgan fingerprint density at radius 3 is 1.55 bits per heavy atom. The van der Waals surface area contributed by atoms with Gasteiger partial charge in [0.1, 0.15) is 6.29 Å². The lowest BCUT2D eigenvalue weighted by molar-refractivity contribution is -0.107. The fourth-order valence-electron chi connectivity index (χ4n) is 0. The Morgan fingerprint density at radius 1 is 1.36 bits per heavy atom. The second-order valence-electron chi connectivity index (χ2n) is 1.43. The number of aliphatic hydroxyl groups excluding tert-OH is 2. The topological polar surface area (TPSA) is 57.5 Å². The van der Waals surface area contributed by atoms with Crippen molar-refractivity contribution < 1.29 is 15.0 Å². The molecule has 11 heavy (non-hydrogen) atoms. The van der Waals surface area contributed by atoms with Crippen molar-refractivity contribution in [3.63, 3.8) is 0 Å². The van der Waals surface area contributed by atoms with Crippen molar-refractivity contribution >= 4 is 6.29 Å². The third-order valence-corrected chi connectivity index (χ3v) is 0.267. The Hall–Kier alpha value is -0.670. The van der Waals surface area contributed by atoms with Crippen molar-refractivity contribution in [1.82, 2.24) is 0 Å². The Morgan fingerprint density at radius 2 is 1.55 bits per heavy atom. The minimum absolute atomic E-state index is 0.125. The molecule has 0 amide bonds. The lowest BCUT2D eigenvalue weighted by atomic mass is 10.6. The van der Waals surface area contributed by atoms with Crippen LogP contribution in [0.25, 0.3) is 0 Å². The molecule has 0 aromatic heterocycles. The smallest absolute Gasteiger partial charge is 0.119 e. The number of hydrogen-bond donors (Lipinski definition) is 2. The first-order chi connectivity index (χ1) is 5.24. The second-order valence-corrected chi connectivity index (χ2v) is 1.43. The van der Waals surface area contributed by atoms with Crippen LogP contribution in [0.15, 0.2) is 12.7 Å². The molecule has 0 heterocycles. The molecule has 0 radical (unpaired) electrons. The molecular weight excluding hydrogens is 144 g/mol. The summed E-state index contributed by atoms with van der Waals surface area (Å²) in [6.45, 7) is 6.81. The maximum absolute atomic E-state index is 9.17. The molecule has 0 aliphatic carbocycles. The molecule has 0 atom stereocenters. The summed E-state index contributed by atoms with van der Waals surface area (Å²) >= 11 is 0. The molecule has 0 fully saturated rings. The first-order valence-electron chi connectivity index (χ1n) is 3.47. The Kier molecular flexibility index (Phi) is 52.5. The summed E-state index contributed by atoms with van der Waals surface area (Å²) < 4.78 is 0. The van der Waals surface area contributed by atoms with Crippen LogP contribution in [0, 0.1) is 0 Å². The van der Waals surface area contributed by atoms with E-state index in [1.54, 1.807) is 6.08 Å². The third-order valence-electron chi connectivity index (χ3n) is 0.267. The normalized spacial score (nSPS) is 6.18. The summed E-state index contributed by atoms with van der Waals surface area (Å²) in [4.78, 5) is 9.17. The summed E-state index contributed by atoms with van der Waals surface area (Å²) in [5.74, 6) is 0. The van der Waals surface area contributed by atoms with Crippen LogP contribution >= 0.6 is 0 Å². The highest BCUT2D eigenvalue weighted by Crippen LogP contribution is 1.53. The van der Waals surface area contributed by atoms with Crippen LogP contribution in [0.3, 0.4) is 0 Å². The summed E-state index contributed by atoms with van der Waals surface area (Å²) in [6, 6.07) is 0. The first-order valence-corrected chi connectivity index (χ1v) is 3.47. The molecule has 0 bridgehead atoms. The molecule has 0 aliphatic rings. The maximum Gasteiger partial charge on any atom is 0.119 e. The molecule has 0 saturated heterocycles. The first kappa shape index (κ1) is 16.7. The van der Waals surface area contributed by atoms with Crippen molar-refractivity contribution in [1.29, 1.82) is 0 Å². The molecule has 68 valence electrons. The van der Waals surface area contributed by atoms with Crippen LogP contribution in [0.1, 0.15) is 20.3 Å². The van der Waals surface area contributed by atoms with E-state index in [0.717, 1.165) is 6.29 Å². The number of carbonyl (C=O) groups excluding carboxylic acids is 1. The van der Waals surface area contributed by atoms with Crippen LogP contribution in [0.4, 0.5) is 0 Å². The zero-order valence-electron chi connectivity index (χ0n) is 7.29. The second kappa shape index (κ2) is 34.5. The zero-order chi connectivity index (χ0) is 9.54. The van der Waals surface area contributed by atoms with Crippen LogP contribution in [-0.2, 0) is 4.79 Å². The lowest BCUT2D eigenvalue weighted by Gasteiger charge is -1.70. The van der Waals surface area contributed by atoms with Crippen LogP contribution in [0.2, 0.25) is 0 Å². The van der Waals surface area contributed by atoms with Gasteiger partial charge in [0, 0.05) is 6.42 Å². The molecule has 0 aromatic carbocycles. The highest BCUT2D eigenvalue weighted by molar-refractivity contribution is 5.48. The molecule has 3 nitrogen and oxygen atoms in total. The van der Waals surface area contributed by atoms with E-state index in [4.69, 9.17) is 10.2 Å². The number of rotatable bonds is 2. The van der Waals surface area contributed by atoms with Gasteiger partial charge < -0.3 is 15.0 Å². The Balaban J connectivity index is -0.0000000886. The predicted molar refractivity (Wildman–Crippen MR) is 46.4 cm³/mol. The summed E-state index contributed by atoms with van der Waals surface area (Å²) in [7, 11) is 0. The van der Waals surface area contributed by atoms with Gasteiger partial charge in [0.25, 0.3) is 0 Å². The van der Waals surface area contributed by atoms with E-state index in [1.807, 2.05) is 13.8 Å². The molecule has 0 aliphatic heterocycles. The van der Waals surface area contributed by atoms with Gasteiger partial charge in [0.15, 0.2) is 0 Å². The van der Waals surface area contributed by atoms with E-state index in [9.17, 15) is 4.79 Å². The molecule has 2 N–H and O–H groups in total. The van der Waals surface area contributed by atoms with Crippen LogP contribution < -0.4 is 0 Å². The summed E-state index contributed by atoms with van der Waals surface area (Å²) in [5.41, 5.74) is 0. The number of hydrogen-bond acceptors (Lipinski definition) is 3. The molecule has 3 heteroatoms.